The van der Waals surface area contributed by atoms with Gasteiger partial charge in [-0.2, -0.15) is 0 Å². The molecule has 0 unspecified atom stereocenters. The number of hydrogen-bond donors (Lipinski definition) is 1. The van der Waals surface area contributed by atoms with E-state index in [4.69, 9.17) is 5.73 Å². The van der Waals surface area contributed by atoms with Crippen molar-refractivity contribution in [2.24, 2.45) is 5.73 Å². The number of aromatic nitrogens is 3. The molecule has 0 aliphatic carbocycles. The van der Waals surface area contributed by atoms with Crippen molar-refractivity contribution < 1.29 is 4.79 Å². The van der Waals surface area contributed by atoms with Crippen LogP contribution in [0.3, 0.4) is 0 Å². The summed E-state index contributed by atoms with van der Waals surface area (Å²) in [4.78, 5) is 26.1. The molecule has 0 fully saturated rings. The average Bonchev–Trinajstić information content (AvgIpc) is 2.57. The number of pyridine rings is 1. The second-order valence-electron chi connectivity index (χ2n) is 5.45. The molecule has 0 radical (unpaired) electrons. The first kappa shape index (κ1) is 15.6. The quantitative estimate of drug-likeness (QED) is 0.802. The van der Waals surface area contributed by atoms with Crippen LogP contribution in [-0.2, 0) is 0 Å². The van der Waals surface area contributed by atoms with Gasteiger partial charge in [0.2, 0.25) is 0 Å². The molecule has 0 atom stereocenters. The van der Waals surface area contributed by atoms with Crippen molar-refractivity contribution >= 4 is 17.5 Å². The van der Waals surface area contributed by atoms with E-state index in [0.29, 0.717) is 11.5 Å². The minimum absolute atomic E-state index is 0.383. The summed E-state index contributed by atoms with van der Waals surface area (Å²) in [5.74, 6) is 0.383. The molecule has 3 rings (SSSR count). The molecule has 6 nitrogen and oxygen atoms in total. The lowest BCUT2D eigenvalue weighted by molar-refractivity contribution is 0.256. The number of carbonyl (C=O) groups excluding carboxylic acids is 1. The number of hydrogen-bond acceptors (Lipinski definition) is 4. The number of nitrogens with zero attached hydrogens (tertiary/aromatic N) is 4. The Morgan fingerprint density at radius 1 is 1.04 bits per heavy atom. The van der Waals surface area contributed by atoms with Gasteiger partial charge in [0.25, 0.3) is 0 Å². The van der Waals surface area contributed by atoms with Gasteiger partial charge in [-0.05, 0) is 43.2 Å². The van der Waals surface area contributed by atoms with Gasteiger partial charge in [0.05, 0.1) is 23.8 Å². The number of primary amides is 1. The molecule has 1 aromatic carbocycles. The van der Waals surface area contributed by atoms with E-state index in [9.17, 15) is 4.79 Å². The Hall–Kier alpha value is -3.28. The van der Waals surface area contributed by atoms with Crippen LogP contribution in [0.15, 0.2) is 55.1 Å². The highest BCUT2D eigenvalue weighted by atomic mass is 16.2. The Morgan fingerprint density at radius 3 is 2.42 bits per heavy atom. The Bertz CT molecular complexity index is 862. The molecule has 3 aromatic rings. The van der Waals surface area contributed by atoms with Gasteiger partial charge in [-0.3, -0.25) is 9.97 Å². The van der Waals surface area contributed by atoms with Gasteiger partial charge in [-0.25, -0.2) is 14.7 Å². The number of anilines is 2. The lowest BCUT2D eigenvalue weighted by Crippen LogP contribution is -2.32. The molecule has 6 heteroatoms. The molecule has 0 saturated carbocycles. The predicted molar refractivity (Wildman–Crippen MR) is 92.9 cm³/mol. The molecule has 0 aliphatic heterocycles. The van der Waals surface area contributed by atoms with Gasteiger partial charge in [0.1, 0.15) is 0 Å². The van der Waals surface area contributed by atoms with Crippen LogP contribution < -0.4 is 10.6 Å². The van der Waals surface area contributed by atoms with E-state index in [2.05, 4.69) is 15.0 Å². The van der Waals surface area contributed by atoms with E-state index in [0.717, 1.165) is 22.4 Å². The lowest BCUT2D eigenvalue weighted by Gasteiger charge is -2.23. The molecule has 2 aromatic heterocycles. The maximum absolute atomic E-state index is 12.1. The van der Waals surface area contributed by atoms with Gasteiger partial charge >= 0.3 is 6.03 Å². The summed E-state index contributed by atoms with van der Waals surface area (Å²) in [6.45, 7) is 3.79. The van der Waals surface area contributed by atoms with Crippen LogP contribution in [0.2, 0.25) is 0 Å². The highest BCUT2D eigenvalue weighted by Crippen LogP contribution is 2.34. The minimum atomic E-state index is -0.617. The van der Waals surface area contributed by atoms with Crippen LogP contribution in [0.5, 0.6) is 0 Å². The Kier molecular flexibility index (Phi) is 4.20. The zero-order valence-electron chi connectivity index (χ0n) is 13.5. The summed E-state index contributed by atoms with van der Waals surface area (Å²) in [7, 11) is 0. The van der Waals surface area contributed by atoms with E-state index in [-0.39, 0.29) is 0 Å². The molecule has 24 heavy (non-hydrogen) atoms. The third kappa shape index (κ3) is 3.08. The third-order valence-electron chi connectivity index (χ3n) is 3.60. The van der Waals surface area contributed by atoms with E-state index < -0.39 is 6.03 Å². The first-order valence-electron chi connectivity index (χ1n) is 7.45. The molecular weight excluding hydrogens is 302 g/mol. The fourth-order valence-corrected chi connectivity index (χ4v) is 2.46. The van der Waals surface area contributed by atoms with Crippen LogP contribution in [0.4, 0.5) is 16.3 Å². The number of urea groups is 1. The zero-order chi connectivity index (χ0) is 17.1. The standard InChI is InChI=1S/C18H17N5O/c1-12-3-4-15(14-5-7-20-8-6-14)16(9-12)23(18(19)24)17-11-21-13(2)10-22-17/h3-11H,1-2H3,(H2,19,24). The molecule has 120 valence electrons. The van der Waals surface area contributed by atoms with Gasteiger partial charge in [-0.1, -0.05) is 12.1 Å². The highest BCUT2D eigenvalue weighted by molar-refractivity contribution is 6.01. The van der Waals surface area contributed by atoms with Gasteiger partial charge < -0.3 is 5.73 Å². The largest absolute Gasteiger partial charge is 0.351 e. The Labute approximate surface area is 140 Å². The molecule has 2 amide bonds. The maximum Gasteiger partial charge on any atom is 0.325 e. The lowest BCUT2D eigenvalue weighted by atomic mass is 10.0. The summed E-state index contributed by atoms with van der Waals surface area (Å²) >= 11 is 0. The van der Waals surface area contributed by atoms with Gasteiger partial charge in [-0.15, -0.1) is 0 Å². The van der Waals surface area contributed by atoms with Crippen LogP contribution in [0.25, 0.3) is 11.1 Å². The van der Waals surface area contributed by atoms with Crippen LogP contribution in [0, 0.1) is 13.8 Å². The van der Waals surface area contributed by atoms with E-state index in [1.165, 1.54) is 4.90 Å². The normalized spacial score (nSPS) is 10.4. The fourth-order valence-electron chi connectivity index (χ4n) is 2.46. The minimum Gasteiger partial charge on any atom is -0.351 e. The van der Waals surface area contributed by atoms with Crippen molar-refractivity contribution in [2.75, 3.05) is 4.90 Å². The first-order chi connectivity index (χ1) is 11.6. The molecule has 0 saturated heterocycles. The van der Waals surface area contributed by atoms with Gasteiger partial charge in [0.15, 0.2) is 5.82 Å². The first-order valence-corrected chi connectivity index (χ1v) is 7.45. The molecule has 2 heterocycles. The van der Waals surface area contributed by atoms with Crippen molar-refractivity contribution in [1.29, 1.82) is 0 Å². The van der Waals surface area contributed by atoms with Crippen molar-refractivity contribution in [3.05, 3.63) is 66.4 Å². The fraction of sp³-hybridized carbons (Fsp3) is 0.111. The second-order valence-corrected chi connectivity index (χ2v) is 5.45. The number of aryl methyl sites for hydroxylation is 2. The summed E-state index contributed by atoms with van der Waals surface area (Å²) in [6, 6.07) is 9.00. The highest BCUT2D eigenvalue weighted by Gasteiger charge is 2.21. The van der Waals surface area contributed by atoms with Crippen LogP contribution in [-0.4, -0.2) is 21.0 Å². The van der Waals surface area contributed by atoms with Crippen LogP contribution in [0.1, 0.15) is 11.3 Å². The molecule has 0 bridgehead atoms. The summed E-state index contributed by atoms with van der Waals surface area (Å²) in [5, 5.41) is 0. The van der Waals surface area contributed by atoms with Crippen molar-refractivity contribution in [1.82, 2.24) is 15.0 Å². The van der Waals surface area contributed by atoms with Gasteiger partial charge in [0, 0.05) is 18.0 Å². The van der Waals surface area contributed by atoms with E-state index in [1.807, 2.05) is 44.2 Å². The predicted octanol–water partition coefficient (Wildman–Crippen LogP) is 3.37. The molecular formula is C18H17N5O. The topological polar surface area (TPSA) is 85.0 Å². The number of nitrogens with two attached hydrogens (primary N) is 1. The van der Waals surface area contributed by atoms with Crippen LogP contribution >= 0.6 is 0 Å². The summed E-state index contributed by atoms with van der Waals surface area (Å²) in [6.07, 6.45) is 6.56. The van der Waals surface area contributed by atoms with E-state index in [1.54, 1.807) is 24.8 Å². The maximum atomic E-state index is 12.1. The number of rotatable bonds is 3. The summed E-state index contributed by atoms with van der Waals surface area (Å²) < 4.78 is 0. The number of benzene rings is 1. The van der Waals surface area contributed by atoms with Crippen molar-refractivity contribution in [3.63, 3.8) is 0 Å². The van der Waals surface area contributed by atoms with Crippen molar-refractivity contribution in [3.8, 4) is 11.1 Å². The number of carbonyl (C=O) groups is 1. The summed E-state index contributed by atoms with van der Waals surface area (Å²) in [5.41, 5.74) is 9.88. The second kappa shape index (κ2) is 6.45. The molecule has 2 N–H and O–H groups in total. The van der Waals surface area contributed by atoms with E-state index >= 15 is 0 Å². The third-order valence-corrected chi connectivity index (χ3v) is 3.60. The average molecular weight is 319 g/mol. The zero-order valence-corrected chi connectivity index (χ0v) is 13.5. The Morgan fingerprint density at radius 2 is 1.79 bits per heavy atom. The molecule has 0 spiro atoms. The monoisotopic (exact) mass is 319 g/mol. The SMILES string of the molecule is Cc1ccc(-c2ccncc2)c(N(C(N)=O)c2cnc(C)cn2)c1. The smallest absolute Gasteiger partial charge is 0.325 e. The number of amides is 2. The molecule has 0 aliphatic rings. The Balaban J connectivity index is 2.19. The van der Waals surface area contributed by atoms with Crippen molar-refractivity contribution in [2.45, 2.75) is 13.8 Å².